The number of methoxy groups -OCH3 is 1. The molecule has 1 saturated carbocycles. The van der Waals surface area contributed by atoms with Gasteiger partial charge in [0.15, 0.2) is 0 Å². The largest absolute Gasteiger partial charge is 0.464 e. The van der Waals surface area contributed by atoms with Crippen LogP contribution in [-0.2, 0) is 11.3 Å². The Kier molecular flexibility index (Phi) is 5.02. The van der Waals surface area contributed by atoms with Crippen LogP contribution in [-0.4, -0.2) is 24.1 Å². The van der Waals surface area contributed by atoms with Crippen molar-refractivity contribution >= 4 is 5.97 Å². The van der Waals surface area contributed by atoms with Crippen molar-refractivity contribution in [3.8, 4) is 0 Å². The zero-order chi connectivity index (χ0) is 13.7. The van der Waals surface area contributed by atoms with E-state index in [0.717, 1.165) is 18.2 Å². The smallest absolute Gasteiger partial charge is 0.354 e. The molecule has 2 rings (SSSR count). The van der Waals surface area contributed by atoms with Gasteiger partial charge >= 0.3 is 5.97 Å². The Bertz CT molecular complexity index is 406. The molecule has 0 unspecified atom stereocenters. The third kappa shape index (κ3) is 3.83. The molecule has 0 spiro atoms. The number of esters is 1. The first-order chi connectivity index (χ1) is 9.22. The number of nitrogens with one attached hydrogen (secondary N) is 2. The zero-order valence-corrected chi connectivity index (χ0v) is 11.9. The molecule has 0 amide bonds. The molecule has 0 aliphatic heterocycles. The number of hydrogen-bond acceptors (Lipinski definition) is 3. The van der Waals surface area contributed by atoms with Gasteiger partial charge in [0.1, 0.15) is 5.69 Å². The molecule has 106 valence electrons. The second-order valence-corrected chi connectivity index (χ2v) is 5.40. The molecule has 1 aromatic rings. The van der Waals surface area contributed by atoms with Crippen LogP contribution in [0.1, 0.15) is 55.2 Å². The van der Waals surface area contributed by atoms with Gasteiger partial charge < -0.3 is 15.0 Å². The van der Waals surface area contributed by atoms with Crippen molar-refractivity contribution in [3.63, 3.8) is 0 Å². The lowest BCUT2D eigenvalue weighted by atomic mass is 9.84. The van der Waals surface area contributed by atoms with Crippen molar-refractivity contribution in [1.29, 1.82) is 0 Å². The normalized spacial score (nSPS) is 23.3. The molecule has 4 nitrogen and oxygen atoms in total. The molecule has 19 heavy (non-hydrogen) atoms. The highest BCUT2D eigenvalue weighted by molar-refractivity contribution is 5.87. The fraction of sp³-hybridized carbons (Fsp3) is 0.667. The summed E-state index contributed by atoms with van der Waals surface area (Å²) in [5.74, 6) is 0.615. The Hall–Kier alpha value is -1.29. The van der Waals surface area contributed by atoms with Crippen molar-refractivity contribution < 1.29 is 9.53 Å². The number of ether oxygens (including phenoxy) is 1. The maximum atomic E-state index is 11.3. The van der Waals surface area contributed by atoms with E-state index in [9.17, 15) is 4.79 Å². The van der Waals surface area contributed by atoms with Gasteiger partial charge in [-0.3, -0.25) is 0 Å². The van der Waals surface area contributed by atoms with Crippen molar-refractivity contribution in [1.82, 2.24) is 10.3 Å². The summed E-state index contributed by atoms with van der Waals surface area (Å²) in [5, 5.41) is 3.57. The molecule has 1 heterocycles. The van der Waals surface area contributed by atoms with E-state index in [0.29, 0.717) is 11.7 Å². The highest BCUT2D eigenvalue weighted by Gasteiger charge is 2.19. The summed E-state index contributed by atoms with van der Waals surface area (Å²) < 4.78 is 4.68. The van der Waals surface area contributed by atoms with Crippen LogP contribution in [0, 0.1) is 5.92 Å². The first-order valence-corrected chi connectivity index (χ1v) is 7.22. The summed E-state index contributed by atoms with van der Waals surface area (Å²) in [6.07, 6.45) is 6.52. The topological polar surface area (TPSA) is 54.1 Å². The van der Waals surface area contributed by atoms with Crippen LogP contribution < -0.4 is 5.32 Å². The van der Waals surface area contributed by atoms with Gasteiger partial charge in [0.05, 0.1) is 7.11 Å². The fourth-order valence-corrected chi connectivity index (χ4v) is 2.80. The van der Waals surface area contributed by atoms with E-state index in [4.69, 9.17) is 0 Å². The Morgan fingerprint density at radius 3 is 2.74 bits per heavy atom. The van der Waals surface area contributed by atoms with Crippen LogP contribution in [0.2, 0.25) is 0 Å². The van der Waals surface area contributed by atoms with Gasteiger partial charge in [0, 0.05) is 18.3 Å². The number of carbonyl (C=O) groups is 1. The molecule has 4 heteroatoms. The summed E-state index contributed by atoms with van der Waals surface area (Å²) in [6.45, 7) is 3.07. The average Bonchev–Trinajstić information content (AvgIpc) is 2.93. The molecule has 0 atom stereocenters. The summed E-state index contributed by atoms with van der Waals surface area (Å²) in [5.41, 5.74) is 1.56. The van der Waals surface area contributed by atoms with E-state index in [1.54, 1.807) is 6.07 Å². The van der Waals surface area contributed by atoms with Gasteiger partial charge in [-0.05, 0) is 43.7 Å². The van der Waals surface area contributed by atoms with E-state index in [1.165, 1.54) is 39.2 Å². The van der Waals surface area contributed by atoms with Crippen molar-refractivity contribution in [2.75, 3.05) is 7.11 Å². The fourth-order valence-electron chi connectivity index (χ4n) is 2.80. The summed E-state index contributed by atoms with van der Waals surface area (Å²) in [6, 6.07) is 4.33. The SMILES string of the molecule is CCC1CCC(NCc2ccc(C(=O)OC)[nH]2)CC1. The Balaban J connectivity index is 1.76. The zero-order valence-electron chi connectivity index (χ0n) is 11.9. The molecule has 0 aromatic carbocycles. The van der Waals surface area contributed by atoms with E-state index in [2.05, 4.69) is 22.0 Å². The third-order valence-corrected chi connectivity index (χ3v) is 4.16. The van der Waals surface area contributed by atoms with Crippen molar-refractivity contribution in [2.45, 2.75) is 51.6 Å². The van der Waals surface area contributed by atoms with Gasteiger partial charge in [0.25, 0.3) is 0 Å². The highest BCUT2D eigenvalue weighted by atomic mass is 16.5. The molecule has 0 radical (unpaired) electrons. The van der Waals surface area contributed by atoms with Crippen molar-refractivity contribution in [3.05, 3.63) is 23.5 Å². The lowest BCUT2D eigenvalue weighted by molar-refractivity contribution is 0.0594. The molecular formula is C15H24N2O2. The molecular weight excluding hydrogens is 240 g/mol. The van der Waals surface area contributed by atoms with Crippen LogP contribution in [0.3, 0.4) is 0 Å². The maximum absolute atomic E-state index is 11.3. The standard InChI is InChI=1S/C15H24N2O2/c1-3-11-4-6-12(7-5-11)16-10-13-8-9-14(17-13)15(18)19-2/h8-9,11-12,16-17H,3-7,10H2,1-2H3. The van der Waals surface area contributed by atoms with Crippen molar-refractivity contribution in [2.24, 2.45) is 5.92 Å². The number of aromatic nitrogens is 1. The van der Waals surface area contributed by atoms with Gasteiger partial charge in [0.2, 0.25) is 0 Å². The van der Waals surface area contributed by atoms with Crippen LogP contribution in [0.5, 0.6) is 0 Å². The van der Waals surface area contributed by atoms with E-state index < -0.39 is 0 Å². The number of aromatic amines is 1. The van der Waals surface area contributed by atoms with Crippen LogP contribution in [0.15, 0.2) is 12.1 Å². The lowest BCUT2D eigenvalue weighted by Crippen LogP contribution is -2.32. The predicted molar refractivity (Wildman–Crippen MR) is 75.0 cm³/mol. The number of rotatable bonds is 5. The number of hydrogen-bond donors (Lipinski definition) is 2. The van der Waals surface area contributed by atoms with Gasteiger partial charge in [-0.2, -0.15) is 0 Å². The third-order valence-electron chi connectivity index (χ3n) is 4.16. The lowest BCUT2D eigenvalue weighted by Gasteiger charge is -2.28. The van der Waals surface area contributed by atoms with E-state index in [1.807, 2.05) is 6.07 Å². The molecule has 0 saturated heterocycles. The van der Waals surface area contributed by atoms with Gasteiger partial charge in [-0.15, -0.1) is 0 Å². The highest BCUT2D eigenvalue weighted by Crippen LogP contribution is 2.26. The summed E-state index contributed by atoms with van der Waals surface area (Å²) in [7, 11) is 1.40. The number of carbonyl (C=O) groups excluding carboxylic acids is 1. The van der Waals surface area contributed by atoms with E-state index in [-0.39, 0.29) is 5.97 Å². The van der Waals surface area contributed by atoms with Crippen LogP contribution in [0.4, 0.5) is 0 Å². The van der Waals surface area contributed by atoms with Crippen LogP contribution in [0.25, 0.3) is 0 Å². The number of H-pyrrole nitrogens is 1. The second kappa shape index (κ2) is 6.75. The molecule has 0 bridgehead atoms. The maximum Gasteiger partial charge on any atom is 0.354 e. The molecule has 1 fully saturated rings. The van der Waals surface area contributed by atoms with Gasteiger partial charge in [-0.1, -0.05) is 13.3 Å². The molecule has 1 aromatic heterocycles. The average molecular weight is 264 g/mol. The monoisotopic (exact) mass is 264 g/mol. The minimum absolute atomic E-state index is 0.310. The quantitative estimate of drug-likeness (QED) is 0.804. The molecule has 1 aliphatic carbocycles. The van der Waals surface area contributed by atoms with E-state index >= 15 is 0 Å². The minimum Gasteiger partial charge on any atom is -0.464 e. The Labute approximate surface area is 114 Å². The first-order valence-electron chi connectivity index (χ1n) is 7.22. The summed E-state index contributed by atoms with van der Waals surface area (Å²) in [4.78, 5) is 14.4. The Morgan fingerprint density at radius 2 is 2.11 bits per heavy atom. The minimum atomic E-state index is -0.310. The first kappa shape index (κ1) is 14.1. The second-order valence-electron chi connectivity index (χ2n) is 5.40. The Morgan fingerprint density at radius 1 is 1.37 bits per heavy atom. The molecule has 1 aliphatic rings. The van der Waals surface area contributed by atoms with Gasteiger partial charge in [-0.25, -0.2) is 4.79 Å². The predicted octanol–water partition coefficient (Wildman–Crippen LogP) is 2.86. The summed E-state index contributed by atoms with van der Waals surface area (Å²) >= 11 is 0. The van der Waals surface area contributed by atoms with Crippen LogP contribution >= 0.6 is 0 Å². The molecule has 2 N–H and O–H groups in total.